The first-order chi connectivity index (χ1) is 19.4. The van der Waals surface area contributed by atoms with E-state index in [-0.39, 0.29) is 42.1 Å². The van der Waals surface area contributed by atoms with Crippen LogP contribution in [0.5, 0.6) is 5.75 Å². The summed E-state index contributed by atoms with van der Waals surface area (Å²) in [5.74, 6) is -0.424. The Morgan fingerprint density at radius 2 is 1.56 bits per heavy atom. The Hall–Kier alpha value is -3.82. The molecule has 9 nitrogen and oxygen atoms in total. The number of ketones is 2. The Balaban J connectivity index is 1.26. The molecule has 0 saturated carbocycles. The highest BCUT2D eigenvalue weighted by Crippen LogP contribution is 2.27. The second-order valence-corrected chi connectivity index (χ2v) is 11.7. The molecule has 2 aromatic rings. The number of nitrogens with zero attached hydrogens (tertiary/aromatic N) is 3. The van der Waals surface area contributed by atoms with E-state index in [1.54, 1.807) is 63.1 Å². The predicted molar refractivity (Wildman–Crippen MR) is 150 cm³/mol. The zero-order valence-corrected chi connectivity index (χ0v) is 24.1. The van der Waals surface area contributed by atoms with Gasteiger partial charge in [0, 0.05) is 55.2 Å². The summed E-state index contributed by atoms with van der Waals surface area (Å²) in [5.41, 5.74) is 0.497. The largest absolute Gasteiger partial charge is 0.497 e. The van der Waals surface area contributed by atoms with Crippen molar-refractivity contribution in [2.24, 2.45) is 11.8 Å². The normalized spacial score (nSPS) is 19.9. The van der Waals surface area contributed by atoms with E-state index in [9.17, 15) is 23.6 Å². The summed E-state index contributed by atoms with van der Waals surface area (Å²) in [6, 6.07) is 10.1. The maximum Gasteiger partial charge on any atom is 0.410 e. The van der Waals surface area contributed by atoms with Gasteiger partial charge in [-0.2, -0.15) is 0 Å². The van der Waals surface area contributed by atoms with Crippen LogP contribution in [0.1, 0.15) is 77.7 Å². The van der Waals surface area contributed by atoms with Crippen molar-refractivity contribution in [3.63, 3.8) is 0 Å². The molecule has 2 fully saturated rings. The topological polar surface area (TPSA) is 106 Å². The van der Waals surface area contributed by atoms with Gasteiger partial charge in [0.05, 0.1) is 13.7 Å². The van der Waals surface area contributed by atoms with Crippen molar-refractivity contribution < 1.29 is 33.0 Å². The Labute approximate surface area is 240 Å². The lowest BCUT2D eigenvalue weighted by Crippen LogP contribution is -2.47. The number of alkyl halides is 1. The van der Waals surface area contributed by atoms with Gasteiger partial charge in [0.25, 0.3) is 5.91 Å². The summed E-state index contributed by atoms with van der Waals surface area (Å²) in [5, 5.41) is 0. The number of piperidine rings is 2. The van der Waals surface area contributed by atoms with E-state index < -0.39 is 23.8 Å². The van der Waals surface area contributed by atoms with Gasteiger partial charge in [-0.05, 0) is 76.4 Å². The van der Waals surface area contributed by atoms with Crippen LogP contribution in [-0.2, 0) is 4.74 Å². The summed E-state index contributed by atoms with van der Waals surface area (Å²) >= 11 is 0. The molecular formula is C31H38FN3O6. The first-order valence-corrected chi connectivity index (χ1v) is 14.0. The zero-order chi connectivity index (χ0) is 29.7. The molecule has 2 atom stereocenters. The fraction of sp³-hybridized carbons (Fsp3) is 0.516. The standard InChI is InChI=1S/C31H38FN3O6/c1-31(2,3)41-30(39)35-16-13-22(25(32)19-35)17-27(36)23-7-10-26(33-18-23)29(38)34-14-11-21(12-15-34)28(37)20-5-8-24(40-4)9-6-20/h5-10,18,21-22,25H,11-17,19H2,1-4H3/t22?,25-/m1/s1. The van der Waals surface area contributed by atoms with E-state index in [1.165, 1.54) is 17.2 Å². The summed E-state index contributed by atoms with van der Waals surface area (Å²) < 4.78 is 25.3. The van der Waals surface area contributed by atoms with E-state index in [0.29, 0.717) is 55.8 Å². The van der Waals surface area contributed by atoms with E-state index in [2.05, 4.69) is 4.98 Å². The minimum absolute atomic E-state index is 0.00592. The summed E-state index contributed by atoms with van der Waals surface area (Å²) in [6.07, 6.45) is 0.935. The van der Waals surface area contributed by atoms with Crippen LogP contribution in [0.25, 0.3) is 0 Å². The van der Waals surface area contributed by atoms with Crippen molar-refractivity contribution in [3.05, 3.63) is 59.4 Å². The van der Waals surface area contributed by atoms with Gasteiger partial charge in [-0.15, -0.1) is 0 Å². The molecular weight excluding hydrogens is 529 g/mol. The Morgan fingerprint density at radius 3 is 2.12 bits per heavy atom. The number of Topliss-reactive ketones (excluding diaryl/α,β-unsaturated/α-hetero) is 2. The number of aromatic nitrogens is 1. The van der Waals surface area contributed by atoms with Crippen LogP contribution in [-0.4, -0.2) is 83.4 Å². The third-order valence-electron chi connectivity index (χ3n) is 7.61. The number of hydrogen-bond acceptors (Lipinski definition) is 7. The van der Waals surface area contributed by atoms with Crippen LogP contribution in [0.15, 0.2) is 42.6 Å². The summed E-state index contributed by atoms with van der Waals surface area (Å²) in [4.78, 5) is 58.2. The molecule has 10 heteroatoms. The fourth-order valence-corrected chi connectivity index (χ4v) is 5.21. The molecule has 2 aliphatic rings. The smallest absolute Gasteiger partial charge is 0.410 e. The summed E-state index contributed by atoms with van der Waals surface area (Å²) in [6.45, 7) is 6.35. The monoisotopic (exact) mass is 567 g/mol. The van der Waals surface area contributed by atoms with Crippen molar-refractivity contribution in [2.75, 3.05) is 33.3 Å². The number of hydrogen-bond donors (Lipinski definition) is 0. The zero-order valence-electron chi connectivity index (χ0n) is 24.1. The number of carbonyl (C=O) groups is 4. The fourth-order valence-electron chi connectivity index (χ4n) is 5.21. The Bertz CT molecular complexity index is 1250. The van der Waals surface area contributed by atoms with Gasteiger partial charge >= 0.3 is 6.09 Å². The van der Waals surface area contributed by atoms with Crippen LogP contribution in [0.3, 0.4) is 0 Å². The molecule has 0 aliphatic carbocycles. The molecule has 0 bridgehead atoms. The van der Waals surface area contributed by atoms with Gasteiger partial charge in [-0.3, -0.25) is 19.4 Å². The number of ether oxygens (including phenoxy) is 2. The minimum Gasteiger partial charge on any atom is -0.497 e. The highest BCUT2D eigenvalue weighted by molar-refractivity contribution is 5.99. The molecule has 1 aromatic heterocycles. The Kier molecular flexibility index (Phi) is 9.40. The van der Waals surface area contributed by atoms with Crippen molar-refractivity contribution >= 4 is 23.6 Å². The molecule has 1 unspecified atom stereocenters. The van der Waals surface area contributed by atoms with E-state index in [0.717, 1.165) is 0 Å². The quantitative estimate of drug-likeness (QED) is 0.434. The van der Waals surface area contributed by atoms with Gasteiger partial charge in [0.1, 0.15) is 23.2 Å². The number of pyridine rings is 1. The maximum atomic E-state index is 14.9. The summed E-state index contributed by atoms with van der Waals surface area (Å²) in [7, 11) is 1.57. The van der Waals surface area contributed by atoms with Gasteiger partial charge in [0.2, 0.25) is 0 Å². The number of likely N-dealkylation sites (tertiary alicyclic amines) is 2. The number of amides is 2. The van der Waals surface area contributed by atoms with E-state index >= 15 is 0 Å². The molecule has 2 saturated heterocycles. The second-order valence-electron chi connectivity index (χ2n) is 11.7. The average Bonchev–Trinajstić information content (AvgIpc) is 2.96. The van der Waals surface area contributed by atoms with Gasteiger partial charge in [0.15, 0.2) is 11.6 Å². The molecule has 41 heavy (non-hydrogen) atoms. The molecule has 0 spiro atoms. The predicted octanol–water partition coefficient (Wildman–Crippen LogP) is 4.99. The number of benzene rings is 1. The van der Waals surface area contributed by atoms with Gasteiger partial charge in [-0.25, -0.2) is 9.18 Å². The van der Waals surface area contributed by atoms with E-state index in [1.807, 2.05) is 0 Å². The van der Waals surface area contributed by atoms with Crippen LogP contribution in [0.4, 0.5) is 9.18 Å². The van der Waals surface area contributed by atoms with Crippen molar-refractivity contribution in [2.45, 2.75) is 58.2 Å². The lowest BCUT2D eigenvalue weighted by Gasteiger charge is -2.35. The lowest BCUT2D eigenvalue weighted by atomic mass is 9.88. The molecule has 2 aliphatic heterocycles. The lowest BCUT2D eigenvalue weighted by molar-refractivity contribution is 0.00516. The molecule has 4 rings (SSSR count). The van der Waals surface area contributed by atoms with Crippen LogP contribution in [0, 0.1) is 11.8 Å². The molecule has 0 N–H and O–H groups in total. The molecule has 3 heterocycles. The van der Waals surface area contributed by atoms with Crippen LogP contribution >= 0.6 is 0 Å². The van der Waals surface area contributed by atoms with Crippen molar-refractivity contribution in [1.82, 2.24) is 14.8 Å². The number of rotatable bonds is 7. The first-order valence-electron chi connectivity index (χ1n) is 14.0. The highest BCUT2D eigenvalue weighted by Gasteiger charge is 2.35. The number of carbonyl (C=O) groups excluding carboxylic acids is 4. The SMILES string of the molecule is COc1ccc(C(=O)C2CCN(C(=O)c3ccc(C(=O)CC4CCN(C(=O)OC(C)(C)C)C[C@H]4F)cn3)CC2)cc1. The first kappa shape index (κ1) is 30.1. The van der Waals surface area contributed by atoms with Crippen LogP contribution < -0.4 is 4.74 Å². The van der Waals surface area contributed by atoms with Gasteiger partial charge in [-0.1, -0.05) is 0 Å². The molecule has 1 aromatic carbocycles. The number of methoxy groups -OCH3 is 1. The molecule has 220 valence electrons. The third-order valence-corrected chi connectivity index (χ3v) is 7.61. The van der Waals surface area contributed by atoms with Crippen LogP contribution in [0.2, 0.25) is 0 Å². The molecule has 2 amide bonds. The number of halogens is 1. The third kappa shape index (κ3) is 7.68. The molecule has 0 radical (unpaired) electrons. The van der Waals surface area contributed by atoms with E-state index in [4.69, 9.17) is 9.47 Å². The van der Waals surface area contributed by atoms with Gasteiger partial charge < -0.3 is 19.3 Å². The maximum absolute atomic E-state index is 14.9. The minimum atomic E-state index is -1.34. The average molecular weight is 568 g/mol. The highest BCUT2D eigenvalue weighted by atomic mass is 19.1. The van der Waals surface area contributed by atoms with Crippen molar-refractivity contribution in [1.29, 1.82) is 0 Å². The Morgan fingerprint density at radius 1 is 0.927 bits per heavy atom. The van der Waals surface area contributed by atoms with Crippen molar-refractivity contribution in [3.8, 4) is 5.75 Å². The second kappa shape index (κ2) is 12.8.